The van der Waals surface area contributed by atoms with Gasteiger partial charge in [0.05, 0.1) is 25.0 Å². The summed E-state index contributed by atoms with van der Waals surface area (Å²) in [4.78, 5) is 11.2. The van der Waals surface area contributed by atoms with Gasteiger partial charge < -0.3 is 0 Å². The van der Waals surface area contributed by atoms with Crippen LogP contribution in [0.2, 0.25) is 0 Å². The smallest absolute Gasteiger partial charge is 0.235 e. The normalized spacial score (nSPS) is 14.0. The molecule has 0 saturated heterocycles. The highest BCUT2D eigenvalue weighted by molar-refractivity contribution is 7.75. The summed E-state index contributed by atoms with van der Waals surface area (Å²) in [5.74, 6) is 0.721. The van der Waals surface area contributed by atoms with Crippen LogP contribution in [0.3, 0.4) is 0 Å². The third-order valence-electron chi connectivity index (χ3n) is 10.5. The van der Waals surface area contributed by atoms with Gasteiger partial charge in [-0.2, -0.15) is 0 Å². The van der Waals surface area contributed by atoms with Crippen molar-refractivity contribution >= 4 is 108 Å². The van der Waals surface area contributed by atoms with Crippen LogP contribution in [-0.2, 0) is 0 Å². The zero-order valence-corrected chi connectivity index (χ0v) is 30.0. The largest absolute Gasteiger partial charge is 0.279 e. The van der Waals surface area contributed by atoms with E-state index in [1.165, 1.54) is 74.6 Å². The van der Waals surface area contributed by atoms with Crippen LogP contribution in [0.15, 0.2) is 164 Å². The summed E-state index contributed by atoms with van der Waals surface area (Å²) in [5, 5.41) is 11.2. The Labute approximate surface area is 307 Å². The minimum Gasteiger partial charge on any atom is -0.279 e. The third-order valence-corrected chi connectivity index (χ3v) is 14.1. The van der Waals surface area contributed by atoms with Crippen molar-refractivity contribution in [2.75, 3.05) is 4.67 Å². The van der Waals surface area contributed by atoms with E-state index < -0.39 is 8.07 Å². The number of fused-ring (bicyclic) bond motifs is 13. The van der Waals surface area contributed by atoms with Crippen LogP contribution in [0.4, 0.5) is 11.6 Å². The molecule has 3 nitrogen and oxygen atoms in total. The number of hydrogen-bond acceptors (Lipinski definition) is 4. The number of benzene rings is 8. The molecule has 10 aromatic rings. The molecule has 0 amide bonds. The van der Waals surface area contributed by atoms with Crippen LogP contribution in [0.5, 0.6) is 0 Å². The van der Waals surface area contributed by atoms with Crippen molar-refractivity contribution in [3.8, 4) is 22.4 Å². The van der Waals surface area contributed by atoms with Crippen LogP contribution in [0.1, 0.15) is 0 Å². The quantitative estimate of drug-likeness (QED) is 0.136. The molecule has 0 spiro atoms. The van der Waals surface area contributed by atoms with E-state index in [2.05, 4.69) is 176 Å². The van der Waals surface area contributed by atoms with Crippen molar-refractivity contribution < 1.29 is 0 Å². The summed E-state index contributed by atoms with van der Waals surface area (Å²) < 4.78 is 5.12. The van der Waals surface area contributed by atoms with Gasteiger partial charge in [-0.3, -0.25) is 4.67 Å². The highest BCUT2D eigenvalue weighted by Gasteiger charge is 2.39. The first kappa shape index (κ1) is 29.8. The summed E-state index contributed by atoms with van der Waals surface area (Å²) >= 11 is 1.89. The van der Waals surface area contributed by atoms with Gasteiger partial charge in [0.15, 0.2) is 0 Å². The fourth-order valence-electron chi connectivity index (χ4n) is 8.21. The molecule has 242 valence electrons. The Kier molecular flexibility index (Phi) is 6.64. The van der Waals surface area contributed by atoms with Gasteiger partial charge in [0, 0.05) is 52.7 Å². The lowest BCUT2D eigenvalue weighted by Gasteiger charge is -2.40. The van der Waals surface area contributed by atoms with Crippen LogP contribution >= 0.6 is 19.4 Å². The molecule has 1 unspecified atom stereocenters. The van der Waals surface area contributed by atoms with Crippen LogP contribution in [0.25, 0.3) is 75.0 Å². The number of rotatable bonds is 3. The Morgan fingerprint density at radius 1 is 0.538 bits per heavy atom. The lowest BCUT2D eigenvalue weighted by Crippen LogP contribution is -2.31. The molecule has 0 aliphatic carbocycles. The highest BCUT2D eigenvalue weighted by Crippen LogP contribution is 2.62. The number of aromatic nitrogens is 2. The van der Waals surface area contributed by atoms with Gasteiger partial charge >= 0.3 is 0 Å². The number of thiophene rings is 1. The Morgan fingerprint density at radius 2 is 1.21 bits per heavy atom. The van der Waals surface area contributed by atoms with Gasteiger partial charge in [-0.05, 0) is 33.9 Å². The van der Waals surface area contributed by atoms with E-state index in [9.17, 15) is 0 Å². The molecule has 11 rings (SSSR count). The Hall–Kier alpha value is -5.87. The molecule has 0 bridgehead atoms. The standard InChI is InChI=1S/C46H29BN3PS/c47-36-23-11-8-20-33(36)43-34-21-9-12-24-37(34)48-46(49-43)50-44-41(31-18-6-7-19-32(31)45-42(44)35-22-10-13-25-39(35)52-45)40-30-17-5-4-14-28(30)26-27-38(40)51(50)29-15-2-1-3-16-29/h1-27H,47H2. The first-order valence-corrected chi connectivity index (χ1v) is 19.7. The summed E-state index contributed by atoms with van der Waals surface area (Å²) in [6, 6.07) is 59.5. The molecule has 8 aromatic carbocycles. The second kappa shape index (κ2) is 11.6. The molecule has 1 aliphatic heterocycles. The second-order valence-corrected chi connectivity index (χ2v) is 16.5. The van der Waals surface area contributed by atoms with Crippen molar-refractivity contribution in [1.29, 1.82) is 0 Å². The monoisotopic (exact) mass is 697 g/mol. The zero-order valence-electron chi connectivity index (χ0n) is 28.3. The molecule has 0 fully saturated rings. The molecule has 3 heterocycles. The first-order valence-electron chi connectivity index (χ1n) is 17.6. The van der Waals surface area contributed by atoms with Gasteiger partial charge in [0.1, 0.15) is 7.85 Å². The van der Waals surface area contributed by atoms with E-state index in [4.69, 9.17) is 9.97 Å². The van der Waals surface area contributed by atoms with E-state index in [1.807, 2.05) is 11.3 Å². The maximum Gasteiger partial charge on any atom is 0.235 e. The van der Waals surface area contributed by atoms with Crippen molar-refractivity contribution in [2.45, 2.75) is 0 Å². The van der Waals surface area contributed by atoms with Crippen molar-refractivity contribution in [3.63, 3.8) is 0 Å². The number of para-hydroxylation sites is 1. The topological polar surface area (TPSA) is 29.0 Å². The molecule has 0 radical (unpaired) electrons. The maximum atomic E-state index is 5.65. The fraction of sp³-hybridized carbons (Fsp3) is 0. The molecular formula is C46H29BN3PS. The van der Waals surface area contributed by atoms with Gasteiger partial charge in [0.25, 0.3) is 0 Å². The molecule has 1 aliphatic rings. The fourth-order valence-corrected chi connectivity index (χ4v) is 12.0. The number of nitrogens with zero attached hydrogens (tertiary/aromatic N) is 3. The minimum atomic E-state index is -1.18. The van der Waals surface area contributed by atoms with Crippen LogP contribution in [0, 0.1) is 0 Å². The van der Waals surface area contributed by atoms with Crippen molar-refractivity contribution in [2.24, 2.45) is 0 Å². The van der Waals surface area contributed by atoms with Gasteiger partial charge in [-0.1, -0.05) is 157 Å². The Balaban J connectivity index is 1.38. The van der Waals surface area contributed by atoms with Crippen LogP contribution < -0.4 is 20.7 Å². The summed E-state index contributed by atoms with van der Waals surface area (Å²) in [5.41, 5.74) is 7.97. The van der Waals surface area contributed by atoms with Gasteiger partial charge in [-0.15, -0.1) is 11.3 Å². The predicted molar refractivity (Wildman–Crippen MR) is 228 cm³/mol. The molecule has 1 atom stereocenters. The summed E-state index contributed by atoms with van der Waals surface area (Å²) in [7, 11) is 0.995. The predicted octanol–water partition coefficient (Wildman–Crippen LogP) is 10.4. The van der Waals surface area contributed by atoms with Crippen molar-refractivity contribution in [1.82, 2.24) is 9.97 Å². The molecule has 0 N–H and O–H groups in total. The second-order valence-electron chi connectivity index (χ2n) is 13.4. The maximum absolute atomic E-state index is 5.65. The Bertz CT molecular complexity index is 3070. The van der Waals surface area contributed by atoms with Crippen molar-refractivity contribution in [3.05, 3.63) is 164 Å². The third kappa shape index (κ3) is 4.30. The molecule has 2 aromatic heterocycles. The number of hydrogen-bond donors (Lipinski definition) is 0. The Morgan fingerprint density at radius 3 is 2.06 bits per heavy atom. The van der Waals surface area contributed by atoms with E-state index in [0.717, 1.165) is 28.1 Å². The summed E-state index contributed by atoms with van der Waals surface area (Å²) in [6.45, 7) is 0. The number of anilines is 2. The molecule has 6 heteroatoms. The average Bonchev–Trinajstić information content (AvgIpc) is 3.60. The lowest BCUT2D eigenvalue weighted by molar-refractivity contribution is 1.17. The lowest BCUT2D eigenvalue weighted by atomic mass is 9.88. The summed E-state index contributed by atoms with van der Waals surface area (Å²) in [6.07, 6.45) is 0. The molecule has 52 heavy (non-hydrogen) atoms. The van der Waals surface area contributed by atoms with E-state index in [-0.39, 0.29) is 0 Å². The molecular weight excluding hydrogens is 668 g/mol. The SMILES string of the molecule is Bc1ccccc1-c1nc(N2c3c(c4ccccc4c4sc5ccccc5c34)-c3c(ccc4ccccc34)P2c2ccccc2)nc2ccccc12. The minimum absolute atomic E-state index is 0.721. The average molecular weight is 698 g/mol. The van der Waals surface area contributed by atoms with Crippen LogP contribution in [-0.4, -0.2) is 17.8 Å². The van der Waals surface area contributed by atoms with Gasteiger partial charge in [-0.25, -0.2) is 9.97 Å². The van der Waals surface area contributed by atoms with Gasteiger partial charge in [0.2, 0.25) is 5.95 Å². The van der Waals surface area contributed by atoms with E-state index in [1.54, 1.807) is 0 Å². The van der Waals surface area contributed by atoms with E-state index >= 15 is 0 Å². The van der Waals surface area contributed by atoms with E-state index in [0.29, 0.717) is 0 Å². The highest BCUT2D eigenvalue weighted by atomic mass is 32.1. The zero-order chi connectivity index (χ0) is 34.3. The first-order chi connectivity index (χ1) is 25.7. The molecule has 0 saturated carbocycles.